The van der Waals surface area contributed by atoms with Crippen molar-refractivity contribution in [2.45, 2.75) is 0 Å². The van der Waals surface area contributed by atoms with Gasteiger partial charge < -0.3 is 8.98 Å². The second-order valence-corrected chi connectivity index (χ2v) is 14.4. The average Bonchev–Trinajstić information content (AvgIpc) is 3.94. The van der Waals surface area contributed by atoms with Crippen LogP contribution in [0.2, 0.25) is 0 Å². The van der Waals surface area contributed by atoms with Crippen molar-refractivity contribution >= 4 is 65.6 Å². The van der Waals surface area contributed by atoms with Crippen LogP contribution in [-0.4, -0.2) is 24.1 Å². The van der Waals surface area contributed by atoms with Crippen molar-refractivity contribution in [2.24, 2.45) is 0 Å². The Morgan fingerprint density at radius 3 is 1.63 bits per heavy atom. The van der Waals surface area contributed by atoms with Crippen molar-refractivity contribution in [2.75, 3.05) is 0 Å². The molecule has 0 spiro atoms. The summed E-state index contributed by atoms with van der Waals surface area (Å²) in [6, 6.07) is 65.6. The monoisotopic (exact) mass is 729 g/mol. The first kappa shape index (κ1) is 31.5. The lowest BCUT2D eigenvalue weighted by molar-refractivity contribution is 0.669. The van der Waals surface area contributed by atoms with Crippen LogP contribution >= 0.6 is 0 Å². The number of aromatic nitrogens is 5. The predicted octanol–water partition coefficient (Wildman–Crippen LogP) is 13.0. The number of fused-ring (bicyclic) bond motifs is 9. The van der Waals surface area contributed by atoms with Gasteiger partial charge in [0.2, 0.25) is 5.95 Å². The van der Waals surface area contributed by atoms with Crippen LogP contribution in [0.5, 0.6) is 0 Å². The summed E-state index contributed by atoms with van der Waals surface area (Å²) in [5.41, 5.74) is 11.1. The molecule has 0 N–H and O–H groups in total. The summed E-state index contributed by atoms with van der Waals surface area (Å²) in [6.07, 6.45) is 0. The molecule has 0 saturated carbocycles. The third-order valence-electron chi connectivity index (χ3n) is 11.2. The molecule has 12 rings (SSSR count). The number of hydrogen-bond donors (Lipinski definition) is 0. The van der Waals surface area contributed by atoms with Crippen molar-refractivity contribution < 1.29 is 4.42 Å². The van der Waals surface area contributed by atoms with E-state index in [-0.39, 0.29) is 0 Å². The molecule has 0 aliphatic carbocycles. The molecule has 4 aromatic heterocycles. The Morgan fingerprint density at radius 2 is 0.895 bits per heavy atom. The highest BCUT2D eigenvalue weighted by Gasteiger charge is 2.20. The van der Waals surface area contributed by atoms with E-state index in [1.54, 1.807) is 0 Å². The fourth-order valence-corrected chi connectivity index (χ4v) is 8.67. The minimum Gasteiger partial charge on any atom is -0.456 e. The zero-order valence-electron chi connectivity index (χ0n) is 30.5. The van der Waals surface area contributed by atoms with E-state index >= 15 is 0 Å². The maximum atomic E-state index is 6.26. The van der Waals surface area contributed by atoms with Crippen LogP contribution in [0, 0.1) is 0 Å². The normalized spacial score (nSPS) is 11.9. The number of nitrogens with zero attached hydrogens (tertiary/aromatic N) is 5. The molecule has 0 unspecified atom stereocenters. The molecule has 0 amide bonds. The zero-order valence-corrected chi connectivity index (χ0v) is 30.5. The third kappa shape index (κ3) is 4.87. The van der Waals surface area contributed by atoms with Crippen molar-refractivity contribution in [3.63, 3.8) is 0 Å². The average molecular weight is 730 g/mol. The SMILES string of the molecule is c1ccc(-c2nc(-c3cccc(-c4cccc5oc6ccccc6c45)c3)nc(-n3c4ccccc4c4ccc(-n5c6ccccc6c6ccccc65)cc43)n2)cc1. The van der Waals surface area contributed by atoms with Crippen LogP contribution in [0.4, 0.5) is 0 Å². The van der Waals surface area contributed by atoms with Crippen molar-refractivity contribution in [1.82, 2.24) is 24.1 Å². The summed E-state index contributed by atoms with van der Waals surface area (Å²) in [5.74, 6) is 1.75. The van der Waals surface area contributed by atoms with Gasteiger partial charge in [-0.1, -0.05) is 140 Å². The molecule has 0 atom stereocenters. The second-order valence-electron chi connectivity index (χ2n) is 14.4. The van der Waals surface area contributed by atoms with E-state index in [4.69, 9.17) is 19.4 Å². The Labute approximate surface area is 326 Å². The molecule has 0 aliphatic heterocycles. The Kier molecular flexibility index (Phi) is 6.83. The summed E-state index contributed by atoms with van der Waals surface area (Å²) >= 11 is 0. The molecular formula is C51H31N5O. The van der Waals surface area contributed by atoms with Crippen molar-refractivity contribution in [1.29, 1.82) is 0 Å². The summed E-state index contributed by atoms with van der Waals surface area (Å²) in [5, 5.41) is 6.89. The first-order chi connectivity index (χ1) is 28.3. The molecule has 4 heterocycles. The molecule has 0 saturated heterocycles. The topological polar surface area (TPSA) is 61.7 Å². The van der Waals surface area contributed by atoms with Gasteiger partial charge in [-0.15, -0.1) is 0 Å². The van der Waals surface area contributed by atoms with E-state index in [1.807, 2.05) is 36.4 Å². The standard InChI is InChI=1S/C51H31N5O/c1-2-14-32(15-3-1)49-52-50(34-17-12-16-33(30-34)36-22-13-27-47-48(36)41-21-7-11-26-46(41)57-47)54-51(53-49)56-44-25-10-6-20-39(44)40-29-28-35(31-45(40)56)55-42-23-8-4-18-37(42)38-19-5-9-24-43(38)55/h1-31H. The zero-order chi connectivity index (χ0) is 37.5. The molecule has 6 nitrogen and oxygen atoms in total. The van der Waals surface area contributed by atoms with Gasteiger partial charge >= 0.3 is 0 Å². The highest BCUT2D eigenvalue weighted by atomic mass is 16.3. The number of furan rings is 1. The lowest BCUT2D eigenvalue weighted by atomic mass is 9.98. The molecule has 0 bridgehead atoms. The van der Waals surface area contributed by atoms with Gasteiger partial charge in [0, 0.05) is 49.1 Å². The first-order valence-corrected chi connectivity index (χ1v) is 19.1. The molecule has 266 valence electrons. The smallest absolute Gasteiger partial charge is 0.238 e. The minimum atomic E-state index is 0.553. The van der Waals surface area contributed by atoms with E-state index in [0.717, 1.165) is 82.7 Å². The highest BCUT2D eigenvalue weighted by Crippen LogP contribution is 2.39. The van der Waals surface area contributed by atoms with Gasteiger partial charge in [-0.2, -0.15) is 9.97 Å². The van der Waals surface area contributed by atoms with Gasteiger partial charge in [0.25, 0.3) is 0 Å². The van der Waals surface area contributed by atoms with Crippen LogP contribution in [-0.2, 0) is 0 Å². The lowest BCUT2D eigenvalue weighted by Gasteiger charge is -2.13. The Hall–Kier alpha value is -7.83. The first-order valence-electron chi connectivity index (χ1n) is 19.1. The van der Waals surface area contributed by atoms with Crippen LogP contribution in [0.1, 0.15) is 0 Å². The van der Waals surface area contributed by atoms with Gasteiger partial charge in [-0.3, -0.25) is 4.57 Å². The number of hydrogen-bond acceptors (Lipinski definition) is 4. The van der Waals surface area contributed by atoms with E-state index in [1.165, 1.54) is 10.8 Å². The fourth-order valence-electron chi connectivity index (χ4n) is 8.67. The molecule has 0 fully saturated rings. The number of para-hydroxylation sites is 4. The lowest BCUT2D eigenvalue weighted by Crippen LogP contribution is -2.06. The maximum Gasteiger partial charge on any atom is 0.238 e. The van der Waals surface area contributed by atoms with E-state index in [0.29, 0.717) is 17.6 Å². The molecular weight excluding hydrogens is 699 g/mol. The summed E-state index contributed by atoms with van der Waals surface area (Å²) in [4.78, 5) is 15.7. The van der Waals surface area contributed by atoms with Crippen LogP contribution in [0.25, 0.3) is 111 Å². The number of benzene rings is 8. The summed E-state index contributed by atoms with van der Waals surface area (Å²) < 4.78 is 10.8. The van der Waals surface area contributed by atoms with E-state index in [9.17, 15) is 0 Å². The van der Waals surface area contributed by atoms with Crippen molar-refractivity contribution in [3.8, 4) is 45.5 Å². The van der Waals surface area contributed by atoms with Crippen LogP contribution in [0.3, 0.4) is 0 Å². The molecule has 6 heteroatoms. The molecule has 0 radical (unpaired) electrons. The highest BCUT2D eigenvalue weighted by molar-refractivity contribution is 6.13. The van der Waals surface area contributed by atoms with Crippen LogP contribution in [0.15, 0.2) is 192 Å². The second kappa shape index (κ2) is 12.3. The molecule has 12 aromatic rings. The van der Waals surface area contributed by atoms with Gasteiger partial charge in [-0.25, -0.2) is 4.98 Å². The third-order valence-corrected chi connectivity index (χ3v) is 11.2. The summed E-state index contributed by atoms with van der Waals surface area (Å²) in [6.45, 7) is 0. The van der Waals surface area contributed by atoms with Crippen molar-refractivity contribution in [3.05, 3.63) is 188 Å². The molecule has 8 aromatic carbocycles. The fraction of sp³-hybridized carbons (Fsp3) is 0. The minimum absolute atomic E-state index is 0.553. The maximum absolute atomic E-state index is 6.26. The van der Waals surface area contributed by atoms with Gasteiger partial charge in [0.05, 0.1) is 22.1 Å². The van der Waals surface area contributed by atoms with Crippen LogP contribution < -0.4 is 0 Å². The molecule has 0 aliphatic rings. The van der Waals surface area contributed by atoms with Gasteiger partial charge in [-0.05, 0) is 59.7 Å². The predicted molar refractivity (Wildman–Crippen MR) is 232 cm³/mol. The van der Waals surface area contributed by atoms with E-state index in [2.05, 4.69) is 161 Å². The van der Waals surface area contributed by atoms with Gasteiger partial charge in [0.15, 0.2) is 11.6 Å². The Bertz CT molecular complexity index is 3490. The summed E-state index contributed by atoms with van der Waals surface area (Å²) in [7, 11) is 0. The number of rotatable bonds is 5. The Balaban J connectivity index is 1.10. The molecule has 57 heavy (non-hydrogen) atoms. The van der Waals surface area contributed by atoms with E-state index < -0.39 is 0 Å². The largest absolute Gasteiger partial charge is 0.456 e. The quantitative estimate of drug-likeness (QED) is 0.177. The van der Waals surface area contributed by atoms with Gasteiger partial charge in [0.1, 0.15) is 11.2 Å². The Morgan fingerprint density at radius 1 is 0.351 bits per heavy atom.